The molecule has 0 bridgehead atoms. The summed E-state index contributed by atoms with van der Waals surface area (Å²) in [4.78, 5) is 0. The van der Waals surface area contributed by atoms with Gasteiger partial charge in [0.1, 0.15) is 5.54 Å². The molecule has 0 atom stereocenters. The molecule has 0 amide bonds. The SMILES string of the molecule is CC(C)(C#N)N(C1CC1)S(=O)(=O)CCCCCl. The molecule has 0 heterocycles. The van der Waals surface area contributed by atoms with Gasteiger partial charge in [-0.1, -0.05) is 0 Å². The van der Waals surface area contributed by atoms with Gasteiger partial charge in [0, 0.05) is 11.9 Å². The van der Waals surface area contributed by atoms with E-state index in [4.69, 9.17) is 16.9 Å². The van der Waals surface area contributed by atoms with Crippen molar-refractivity contribution in [2.45, 2.75) is 51.1 Å². The second-order valence-corrected chi connectivity index (χ2v) is 7.25. The van der Waals surface area contributed by atoms with Crippen LogP contribution in [-0.2, 0) is 10.0 Å². The summed E-state index contributed by atoms with van der Waals surface area (Å²) in [6, 6.07) is 2.10. The zero-order valence-electron chi connectivity index (χ0n) is 10.3. The summed E-state index contributed by atoms with van der Waals surface area (Å²) in [6.45, 7) is 3.31. The summed E-state index contributed by atoms with van der Waals surface area (Å²) in [5.74, 6) is 0.557. The fourth-order valence-electron chi connectivity index (χ4n) is 1.87. The molecule has 0 radical (unpaired) electrons. The highest BCUT2D eigenvalue weighted by Gasteiger charge is 2.45. The number of nitriles is 1. The van der Waals surface area contributed by atoms with Crippen molar-refractivity contribution in [2.24, 2.45) is 0 Å². The third-order valence-electron chi connectivity index (χ3n) is 2.79. The van der Waals surface area contributed by atoms with Crippen LogP contribution in [0.2, 0.25) is 0 Å². The van der Waals surface area contributed by atoms with Crippen LogP contribution in [-0.4, -0.2) is 35.9 Å². The van der Waals surface area contributed by atoms with Crippen molar-refractivity contribution < 1.29 is 8.42 Å². The van der Waals surface area contributed by atoms with Crippen molar-refractivity contribution in [3.8, 4) is 6.07 Å². The lowest BCUT2D eigenvalue weighted by Gasteiger charge is -2.32. The molecule has 0 aliphatic heterocycles. The van der Waals surface area contributed by atoms with Crippen LogP contribution in [0, 0.1) is 11.3 Å². The van der Waals surface area contributed by atoms with E-state index in [1.54, 1.807) is 13.8 Å². The van der Waals surface area contributed by atoms with Gasteiger partial charge >= 0.3 is 0 Å². The van der Waals surface area contributed by atoms with Crippen molar-refractivity contribution in [1.82, 2.24) is 4.31 Å². The molecule has 1 aliphatic carbocycles. The monoisotopic (exact) mass is 278 g/mol. The van der Waals surface area contributed by atoms with E-state index in [-0.39, 0.29) is 11.8 Å². The van der Waals surface area contributed by atoms with E-state index in [0.717, 1.165) is 12.8 Å². The molecule has 98 valence electrons. The van der Waals surface area contributed by atoms with Crippen LogP contribution in [0.5, 0.6) is 0 Å². The first-order chi connectivity index (χ1) is 7.85. The van der Waals surface area contributed by atoms with Gasteiger partial charge < -0.3 is 0 Å². The summed E-state index contributed by atoms with van der Waals surface area (Å²) in [5, 5.41) is 9.10. The maximum absolute atomic E-state index is 12.2. The summed E-state index contributed by atoms with van der Waals surface area (Å²) in [7, 11) is -3.35. The van der Waals surface area contributed by atoms with Gasteiger partial charge in [0.2, 0.25) is 10.0 Å². The Balaban J connectivity index is 2.81. The van der Waals surface area contributed by atoms with Crippen LogP contribution >= 0.6 is 11.6 Å². The van der Waals surface area contributed by atoms with Gasteiger partial charge in [-0.2, -0.15) is 9.57 Å². The van der Waals surface area contributed by atoms with Crippen LogP contribution in [0.15, 0.2) is 0 Å². The van der Waals surface area contributed by atoms with Gasteiger partial charge in [-0.3, -0.25) is 0 Å². The molecule has 1 aliphatic rings. The number of halogens is 1. The maximum Gasteiger partial charge on any atom is 0.215 e. The number of alkyl halides is 1. The molecular weight excluding hydrogens is 260 g/mol. The van der Waals surface area contributed by atoms with Gasteiger partial charge in [-0.05, 0) is 39.5 Å². The fourth-order valence-corrected chi connectivity index (χ4v) is 4.22. The Morgan fingerprint density at radius 2 is 2.00 bits per heavy atom. The summed E-state index contributed by atoms with van der Waals surface area (Å²) < 4.78 is 25.8. The molecule has 0 aromatic carbocycles. The molecule has 0 aromatic rings. The number of sulfonamides is 1. The first kappa shape index (κ1) is 14.7. The van der Waals surface area contributed by atoms with E-state index < -0.39 is 15.6 Å². The van der Waals surface area contributed by atoms with Crippen LogP contribution in [0.25, 0.3) is 0 Å². The van der Waals surface area contributed by atoms with Gasteiger partial charge in [0.15, 0.2) is 0 Å². The Kier molecular flexibility index (Phi) is 4.82. The third-order valence-corrected chi connectivity index (χ3v) is 5.21. The highest BCUT2D eigenvalue weighted by molar-refractivity contribution is 7.89. The van der Waals surface area contributed by atoms with E-state index in [1.807, 2.05) is 0 Å². The summed E-state index contributed by atoms with van der Waals surface area (Å²) >= 11 is 5.54. The van der Waals surface area contributed by atoms with Crippen molar-refractivity contribution in [1.29, 1.82) is 5.26 Å². The topological polar surface area (TPSA) is 61.2 Å². The molecule has 17 heavy (non-hydrogen) atoms. The van der Waals surface area contributed by atoms with Gasteiger partial charge in [0.25, 0.3) is 0 Å². The van der Waals surface area contributed by atoms with Crippen LogP contribution < -0.4 is 0 Å². The van der Waals surface area contributed by atoms with E-state index >= 15 is 0 Å². The molecule has 1 fully saturated rings. The van der Waals surface area contributed by atoms with Gasteiger partial charge in [-0.15, -0.1) is 11.6 Å². The average Bonchev–Trinajstić information content (AvgIpc) is 3.01. The normalized spacial score (nSPS) is 17.1. The quantitative estimate of drug-likeness (QED) is 0.529. The highest BCUT2D eigenvalue weighted by atomic mass is 35.5. The number of nitrogens with zero attached hydrogens (tertiary/aromatic N) is 2. The Morgan fingerprint density at radius 1 is 1.41 bits per heavy atom. The van der Waals surface area contributed by atoms with Gasteiger partial charge in [0.05, 0.1) is 11.8 Å². The molecule has 0 N–H and O–H groups in total. The number of unbranched alkanes of at least 4 members (excludes halogenated alkanes) is 1. The standard InChI is InChI=1S/C11H19ClN2O2S/c1-11(2,9-13)14(10-5-6-10)17(15,16)8-4-3-7-12/h10H,3-8H2,1-2H3. The van der Waals surface area contributed by atoms with E-state index in [9.17, 15) is 8.42 Å². The molecule has 0 saturated heterocycles. The molecule has 0 unspecified atom stereocenters. The maximum atomic E-state index is 12.2. The lowest BCUT2D eigenvalue weighted by molar-refractivity contribution is 0.280. The minimum atomic E-state index is -3.35. The Bertz CT molecular complexity index is 396. The van der Waals surface area contributed by atoms with E-state index in [0.29, 0.717) is 18.7 Å². The Labute approximate surface area is 109 Å². The van der Waals surface area contributed by atoms with Crippen LogP contribution in [0.3, 0.4) is 0 Å². The summed E-state index contributed by atoms with van der Waals surface area (Å²) in [6.07, 6.45) is 2.96. The molecule has 4 nitrogen and oxygen atoms in total. The molecule has 6 heteroatoms. The fraction of sp³-hybridized carbons (Fsp3) is 0.909. The highest BCUT2D eigenvalue weighted by Crippen LogP contribution is 2.35. The number of hydrogen-bond donors (Lipinski definition) is 0. The lowest BCUT2D eigenvalue weighted by atomic mass is 10.1. The Hall–Kier alpha value is -0.310. The zero-order valence-corrected chi connectivity index (χ0v) is 11.9. The summed E-state index contributed by atoms with van der Waals surface area (Å²) in [5.41, 5.74) is -0.957. The zero-order chi connectivity index (χ0) is 13.1. The molecule has 0 spiro atoms. The molecular formula is C11H19ClN2O2S. The third kappa shape index (κ3) is 3.84. The van der Waals surface area contributed by atoms with Gasteiger partial charge in [-0.25, -0.2) is 8.42 Å². The second kappa shape index (κ2) is 5.55. The van der Waals surface area contributed by atoms with E-state index in [1.165, 1.54) is 4.31 Å². The number of rotatable bonds is 7. The minimum Gasteiger partial charge on any atom is -0.212 e. The van der Waals surface area contributed by atoms with Crippen molar-refractivity contribution in [2.75, 3.05) is 11.6 Å². The van der Waals surface area contributed by atoms with Crippen molar-refractivity contribution in [3.63, 3.8) is 0 Å². The second-order valence-electron chi connectivity index (χ2n) is 4.91. The molecule has 1 saturated carbocycles. The first-order valence-electron chi connectivity index (χ1n) is 5.84. The lowest BCUT2D eigenvalue weighted by Crippen LogP contribution is -2.49. The van der Waals surface area contributed by atoms with Crippen LogP contribution in [0.1, 0.15) is 39.5 Å². The molecule has 1 rings (SSSR count). The minimum absolute atomic E-state index is 0.0191. The largest absolute Gasteiger partial charge is 0.215 e. The van der Waals surface area contributed by atoms with E-state index in [2.05, 4.69) is 6.07 Å². The predicted molar refractivity (Wildman–Crippen MR) is 68.3 cm³/mol. The predicted octanol–water partition coefficient (Wildman–Crippen LogP) is 2.10. The first-order valence-corrected chi connectivity index (χ1v) is 7.99. The molecule has 0 aromatic heterocycles. The smallest absolute Gasteiger partial charge is 0.212 e. The average molecular weight is 279 g/mol. The van der Waals surface area contributed by atoms with Crippen molar-refractivity contribution in [3.05, 3.63) is 0 Å². The Morgan fingerprint density at radius 3 is 2.41 bits per heavy atom. The van der Waals surface area contributed by atoms with Crippen molar-refractivity contribution >= 4 is 21.6 Å². The van der Waals surface area contributed by atoms with Crippen LogP contribution in [0.4, 0.5) is 0 Å². The number of hydrogen-bond acceptors (Lipinski definition) is 3.